The number of benzene rings is 2. The number of carbonyl (C=O) groups excluding carboxylic acids is 1. The Morgan fingerprint density at radius 3 is 2.61 bits per heavy atom. The summed E-state index contributed by atoms with van der Waals surface area (Å²) in [5.41, 5.74) is 3.42. The fraction of sp³-hybridized carbons (Fsp3) is 0.227. The lowest BCUT2D eigenvalue weighted by atomic mass is 10.1. The molecule has 0 fully saturated rings. The smallest absolute Gasteiger partial charge is 0.254 e. The zero-order valence-electron chi connectivity index (χ0n) is 16.1. The Morgan fingerprint density at radius 2 is 1.93 bits per heavy atom. The average molecular weight is 379 g/mol. The van der Waals surface area contributed by atoms with Crippen LogP contribution in [0.4, 0.5) is 10.1 Å². The molecule has 0 aliphatic rings. The quantitative estimate of drug-likeness (QED) is 0.732. The number of aryl methyl sites for hydroxylation is 3. The lowest BCUT2D eigenvalue weighted by Gasteiger charge is -2.14. The summed E-state index contributed by atoms with van der Waals surface area (Å²) in [4.78, 5) is 29.7. The maximum Gasteiger partial charge on any atom is 0.254 e. The third kappa shape index (κ3) is 4.34. The van der Waals surface area contributed by atoms with Gasteiger partial charge in [-0.25, -0.2) is 9.37 Å². The predicted molar refractivity (Wildman–Crippen MR) is 108 cm³/mol. The fourth-order valence-corrected chi connectivity index (χ4v) is 3.02. The molecular formula is C22H22FN3O2. The van der Waals surface area contributed by atoms with Gasteiger partial charge in [-0.1, -0.05) is 36.8 Å². The van der Waals surface area contributed by atoms with E-state index in [1.54, 1.807) is 12.1 Å². The van der Waals surface area contributed by atoms with Crippen molar-refractivity contribution in [3.05, 3.63) is 81.5 Å². The second kappa shape index (κ2) is 8.17. The molecule has 5 nitrogen and oxygen atoms in total. The van der Waals surface area contributed by atoms with Crippen molar-refractivity contribution in [2.24, 2.45) is 0 Å². The van der Waals surface area contributed by atoms with Crippen molar-refractivity contribution in [3.8, 4) is 11.4 Å². The van der Waals surface area contributed by atoms with E-state index in [-0.39, 0.29) is 23.8 Å². The maximum atomic E-state index is 13.7. The molecule has 3 aromatic rings. The summed E-state index contributed by atoms with van der Waals surface area (Å²) in [6.45, 7) is 5.55. The van der Waals surface area contributed by atoms with Gasteiger partial charge in [0.1, 0.15) is 18.2 Å². The van der Waals surface area contributed by atoms with E-state index in [1.807, 2.05) is 39.0 Å². The van der Waals surface area contributed by atoms with Crippen LogP contribution in [0.15, 0.2) is 53.3 Å². The number of carbonyl (C=O) groups is 1. The van der Waals surface area contributed by atoms with E-state index in [0.29, 0.717) is 23.4 Å². The molecule has 2 aromatic carbocycles. The number of hydrogen-bond acceptors (Lipinski definition) is 3. The van der Waals surface area contributed by atoms with Crippen LogP contribution in [-0.4, -0.2) is 15.5 Å². The van der Waals surface area contributed by atoms with E-state index in [2.05, 4.69) is 10.3 Å². The number of halogens is 1. The van der Waals surface area contributed by atoms with E-state index >= 15 is 0 Å². The van der Waals surface area contributed by atoms with Crippen molar-refractivity contribution >= 4 is 11.6 Å². The SMILES string of the molecule is CCc1cc(=O)n(CC(=O)Nc2ccc(C)cc2C)c(-c2cccc(F)c2)n1. The Hall–Kier alpha value is -3.28. The van der Waals surface area contributed by atoms with Crippen molar-refractivity contribution in [1.82, 2.24) is 9.55 Å². The van der Waals surface area contributed by atoms with E-state index in [0.717, 1.165) is 11.1 Å². The highest BCUT2D eigenvalue weighted by atomic mass is 19.1. The molecule has 144 valence electrons. The number of amides is 1. The van der Waals surface area contributed by atoms with Crippen LogP contribution in [0.25, 0.3) is 11.4 Å². The maximum absolute atomic E-state index is 13.7. The topological polar surface area (TPSA) is 64.0 Å². The molecule has 0 bridgehead atoms. The van der Waals surface area contributed by atoms with Gasteiger partial charge in [0.15, 0.2) is 0 Å². The van der Waals surface area contributed by atoms with Crippen molar-refractivity contribution in [2.45, 2.75) is 33.7 Å². The van der Waals surface area contributed by atoms with Crippen LogP contribution in [0.1, 0.15) is 23.7 Å². The molecule has 0 radical (unpaired) electrons. The molecule has 0 aliphatic heterocycles. The zero-order chi connectivity index (χ0) is 20.3. The first-order valence-corrected chi connectivity index (χ1v) is 9.11. The molecule has 0 saturated heterocycles. The standard InChI is InChI=1S/C22H22FN3O2/c1-4-18-12-21(28)26(22(24-18)16-6-5-7-17(23)11-16)13-20(27)25-19-9-8-14(2)10-15(19)3/h5-12H,4,13H2,1-3H3,(H,25,27). The van der Waals surface area contributed by atoms with Gasteiger partial charge >= 0.3 is 0 Å². The Kier molecular flexibility index (Phi) is 5.68. The molecule has 0 aliphatic carbocycles. The van der Waals surface area contributed by atoms with Crippen LogP contribution >= 0.6 is 0 Å². The third-order valence-electron chi connectivity index (χ3n) is 4.46. The van der Waals surface area contributed by atoms with Crippen molar-refractivity contribution in [2.75, 3.05) is 5.32 Å². The number of aromatic nitrogens is 2. The minimum absolute atomic E-state index is 0.213. The Labute approximate surface area is 162 Å². The first-order valence-electron chi connectivity index (χ1n) is 9.11. The number of hydrogen-bond donors (Lipinski definition) is 1. The second-order valence-electron chi connectivity index (χ2n) is 6.73. The highest BCUT2D eigenvalue weighted by Crippen LogP contribution is 2.19. The minimum Gasteiger partial charge on any atom is -0.324 e. The van der Waals surface area contributed by atoms with E-state index in [9.17, 15) is 14.0 Å². The summed E-state index contributed by atoms with van der Waals surface area (Å²) in [6.07, 6.45) is 0.563. The molecule has 0 atom stereocenters. The van der Waals surface area contributed by atoms with Crippen molar-refractivity contribution in [3.63, 3.8) is 0 Å². The van der Waals surface area contributed by atoms with Crippen LogP contribution in [0, 0.1) is 19.7 Å². The Balaban J connectivity index is 1.96. The molecule has 1 aromatic heterocycles. The van der Waals surface area contributed by atoms with Crippen molar-refractivity contribution < 1.29 is 9.18 Å². The van der Waals surface area contributed by atoms with E-state index < -0.39 is 5.82 Å². The third-order valence-corrected chi connectivity index (χ3v) is 4.46. The predicted octanol–water partition coefficient (Wildman–Crippen LogP) is 3.87. The molecule has 1 heterocycles. The van der Waals surface area contributed by atoms with Gasteiger partial charge in [-0.15, -0.1) is 0 Å². The highest BCUT2D eigenvalue weighted by Gasteiger charge is 2.15. The molecule has 0 saturated carbocycles. The van der Waals surface area contributed by atoms with Crippen LogP contribution in [0.5, 0.6) is 0 Å². The highest BCUT2D eigenvalue weighted by molar-refractivity contribution is 5.91. The Bertz CT molecular complexity index is 1090. The first kappa shape index (κ1) is 19.5. The average Bonchev–Trinajstić information content (AvgIpc) is 2.65. The molecule has 1 amide bonds. The second-order valence-corrected chi connectivity index (χ2v) is 6.73. The van der Waals surface area contributed by atoms with Crippen LogP contribution in [0.3, 0.4) is 0 Å². The molecule has 1 N–H and O–H groups in total. The first-order chi connectivity index (χ1) is 13.4. The molecule has 0 spiro atoms. The number of anilines is 1. The number of nitrogens with one attached hydrogen (secondary N) is 1. The van der Waals surface area contributed by atoms with Gasteiger partial charge in [-0.05, 0) is 44.0 Å². The Morgan fingerprint density at radius 1 is 1.14 bits per heavy atom. The fourth-order valence-electron chi connectivity index (χ4n) is 3.02. The molecule has 0 unspecified atom stereocenters. The summed E-state index contributed by atoms with van der Waals surface area (Å²) in [6, 6.07) is 13.0. The summed E-state index contributed by atoms with van der Waals surface area (Å²) in [5.74, 6) is -0.502. The lowest BCUT2D eigenvalue weighted by molar-refractivity contribution is -0.116. The minimum atomic E-state index is -0.431. The zero-order valence-corrected chi connectivity index (χ0v) is 16.1. The summed E-state index contributed by atoms with van der Waals surface area (Å²) >= 11 is 0. The molecule has 28 heavy (non-hydrogen) atoms. The van der Waals surface area contributed by atoms with Gasteiger partial charge in [0.2, 0.25) is 5.91 Å². The van der Waals surface area contributed by atoms with Crippen LogP contribution in [0.2, 0.25) is 0 Å². The number of nitrogens with zero attached hydrogens (tertiary/aromatic N) is 2. The van der Waals surface area contributed by atoms with Gasteiger partial charge in [0.05, 0.1) is 0 Å². The lowest BCUT2D eigenvalue weighted by Crippen LogP contribution is -2.30. The molecule has 3 rings (SSSR count). The van der Waals surface area contributed by atoms with Gasteiger partial charge in [-0.3, -0.25) is 14.2 Å². The number of rotatable bonds is 5. The van der Waals surface area contributed by atoms with Crippen LogP contribution in [-0.2, 0) is 17.8 Å². The van der Waals surface area contributed by atoms with Gasteiger partial charge in [-0.2, -0.15) is 0 Å². The summed E-state index contributed by atoms with van der Waals surface area (Å²) < 4.78 is 15.0. The van der Waals surface area contributed by atoms with Gasteiger partial charge in [0.25, 0.3) is 5.56 Å². The van der Waals surface area contributed by atoms with Crippen molar-refractivity contribution in [1.29, 1.82) is 0 Å². The van der Waals surface area contributed by atoms with E-state index in [1.165, 1.54) is 22.8 Å². The summed E-state index contributed by atoms with van der Waals surface area (Å²) in [5, 5.41) is 2.83. The molecular weight excluding hydrogens is 357 g/mol. The monoisotopic (exact) mass is 379 g/mol. The largest absolute Gasteiger partial charge is 0.324 e. The normalized spacial score (nSPS) is 10.7. The summed E-state index contributed by atoms with van der Waals surface area (Å²) in [7, 11) is 0. The van der Waals surface area contributed by atoms with Crippen LogP contribution < -0.4 is 10.9 Å². The van der Waals surface area contributed by atoms with E-state index in [4.69, 9.17) is 0 Å². The van der Waals surface area contributed by atoms with Gasteiger partial charge < -0.3 is 5.32 Å². The molecule has 6 heteroatoms. The van der Waals surface area contributed by atoms with Gasteiger partial charge in [0, 0.05) is 23.0 Å².